The maximum absolute atomic E-state index is 5.38. The van der Waals surface area contributed by atoms with Crippen LogP contribution >= 0.6 is 0 Å². The Bertz CT molecular complexity index is 565. The molecule has 0 amide bonds. The average molecular weight is 253 g/mol. The number of methoxy groups -OCH3 is 1. The van der Waals surface area contributed by atoms with E-state index < -0.39 is 0 Å². The lowest BCUT2D eigenvalue weighted by molar-refractivity contribution is 0.264. The Kier molecular flexibility index (Phi) is 3.26. The number of fused-ring (bicyclic) bond motifs is 1. The first-order valence-electron chi connectivity index (χ1n) is 6.71. The minimum Gasteiger partial charge on any atom is -0.497 e. The summed E-state index contributed by atoms with van der Waals surface area (Å²) in [7, 11) is 3.92. The van der Waals surface area contributed by atoms with E-state index in [9.17, 15) is 0 Å². The van der Waals surface area contributed by atoms with E-state index in [2.05, 4.69) is 60.5 Å². The van der Waals surface area contributed by atoms with Crippen molar-refractivity contribution in [2.75, 3.05) is 20.7 Å². The predicted octanol–water partition coefficient (Wildman–Crippen LogP) is 3.27. The highest BCUT2D eigenvalue weighted by Gasteiger charge is 2.26. The summed E-state index contributed by atoms with van der Waals surface area (Å²) >= 11 is 0. The van der Waals surface area contributed by atoms with Gasteiger partial charge in [-0.2, -0.15) is 0 Å². The standard InChI is InChI=1S/C17H19NO/c1-18-11-10-13-8-9-15(19-2)12-16(13)17(18)14-6-4-3-5-7-14/h3-9,12,17H,10-11H2,1-2H3/t17-/m1/s1. The van der Waals surface area contributed by atoms with Gasteiger partial charge in [-0.15, -0.1) is 0 Å². The minimum absolute atomic E-state index is 0.333. The Morgan fingerprint density at radius 1 is 1.11 bits per heavy atom. The summed E-state index contributed by atoms with van der Waals surface area (Å²) in [6.07, 6.45) is 1.11. The van der Waals surface area contributed by atoms with Crippen LogP contribution in [0.5, 0.6) is 5.75 Å². The van der Waals surface area contributed by atoms with Crippen LogP contribution in [0.4, 0.5) is 0 Å². The fourth-order valence-corrected chi connectivity index (χ4v) is 2.91. The van der Waals surface area contributed by atoms with Gasteiger partial charge in [-0.3, -0.25) is 4.90 Å². The number of hydrogen-bond acceptors (Lipinski definition) is 2. The lowest BCUT2D eigenvalue weighted by Crippen LogP contribution is -2.32. The average Bonchev–Trinajstić information content (AvgIpc) is 2.47. The number of rotatable bonds is 2. The van der Waals surface area contributed by atoms with Crippen molar-refractivity contribution < 1.29 is 4.74 Å². The molecule has 1 atom stereocenters. The van der Waals surface area contributed by atoms with Crippen LogP contribution in [0.15, 0.2) is 48.5 Å². The monoisotopic (exact) mass is 253 g/mol. The zero-order valence-corrected chi connectivity index (χ0v) is 11.5. The van der Waals surface area contributed by atoms with Gasteiger partial charge in [0, 0.05) is 6.54 Å². The molecular weight excluding hydrogens is 234 g/mol. The molecule has 1 heterocycles. The molecule has 2 aromatic rings. The van der Waals surface area contributed by atoms with Gasteiger partial charge in [0.15, 0.2) is 0 Å². The molecule has 0 N–H and O–H groups in total. The highest BCUT2D eigenvalue weighted by molar-refractivity contribution is 5.43. The van der Waals surface area contributed by atoms with Crippen molar-refractivity contribution in [2.45, 2.75) is 12.5 Å². The zero-order valence-electron chi connectivity index (χ0n) is 11.5. The summed E-state index contributed by atoms with van der Waals surface area (Å²) in [6, 6.07) is 17.5. The quantitative estimate of drug-likeness (QED) is 0.814. The summed E-state index contributed by atoms with van der Waals surface area (Å²) in [5.74, 6) is 0.940. The van der Waals surface area contributed by atoms with Crippen LogP contribution in [0.2, 0.25) is 0 Å². The number of likely N-dealkylation sites (N-methyl/N-ethyl adjacent to an activating group) is 1. The third-order valence-corrected chi connectivity index (χ3v) is 3.94. The molecule has 98 valence electrons. The molecule has 19 heavy (non-hydrogen) atoms. The van der Waals surface area contributed by atoms with Gasteiger partial charge < -0.3 is 4.74 Å². The fourth-order valence-electron chi connectivity index (χ4n) is 2.91. The van der Waals surface area contributed by atoms with Crippen molar-refractivity contribution in [1.29, 1.82) is 0 Å². The summed E-state index contributed by atoms with van der Waals surface area (Å²) in [5, 5.41) is 0. The van der Waals surface area contributed by atoms with Gasteiger partial charge in [-0.25, -0.2) is 0 Å². The van der Waals surface area contributed by atoms with Crippen LogP contribution in [0.1, 0.15) is 22.7 Å². The minimum atomic E-state index is 0.333. The molecular formula is C17H19NO. The zero-order chi connectivity index (χ0) is 13.2. The van der Waals surface area contributed by atoms with Gasteiger partial charge in [0.25, 0.3) is 0 Å². The van der Waals surface area contributed by atoms with E-state index in [-0.39, 0.29) is 0 Å². The molecule has 0 saturated carbocycles. The Labute approximate surface area is 114 Å². The SMILES string of the molecule is COc1ccc2c(c1)[C@@H](c1ccccc1)N(C)CC2. The molecule has 0 saturated heterocycles. The predicted molar refractivity (Wildman–Crippen MR) is 77.6 cm³/mol. The normalized spacial score (nSPS) is 18.9. The second-order valence-electron chi connectivity index (χ2n) is 5.11. The van der Waals surface area contributed by atoms with Crippen LogP contribution < -0.4 is 4.74 Å². The van der Waals surface area contributed by atoms with Crippen molar-refractivity contribution in [2.24, 2.45) is 0 Å². The third-order valence-electron chi connectivity index (χ3n) is 3.94. The summed E-state index contributed by atoms with van der Waals surface area (Å²) in [6.45, 7) is 1.10. The van der Waals surface area contributed by atoms with Crippen molar-refractivity contribution in [3.63, 3.8) is 0 Å². The molecule has 0 aromatic heterocycles. The number of nitrogens with zero attached hydrogens (tertiary/aromatic N) is 1. The van der Waals surface area contributed by atoms with E-state index in [1.165, 1.54) is 16.7 Å². The molecule has 0 bridgehead atoms. The first-order chi connectivity index (χ1) is 9.29. The van der Waals surface area contributed by atoms with Crippen LogP contribution in [-0.2, 0) is 6.42 Å². The van der Waals surface area contributed by atoms with E-state index in [1.54, 1.807) is 7.11 Å². The second-order valence-corrected chi connectivity index (χ2v) is 5.11. The first kappa shape index (κ1) is 12.2. The summed E-state index contributed by atoms with van der Waals surface area (Å²) in [4.78, 5) is 2.41. The molecule has 0 fully saturated rings. The number of hydrogen-bond donors (Lipinski definition) is 0. The van der Waals surface area contributed by atoms with E-state index >= 15 is 0 Å². The Hall–Kier alpha value is -1.80. The molecule has 0 unspecified atom stereocenters. The van der Waals surface area contributed by atoms with Gasteiger partial charge in [-0.1, -0.05) is 36.4 Å². The summed E-state index contributed by atoms with van der Waals surface area (Å²) < 4.78 is 5.38. The summed E-state index contributed by atoms with van der Waals surface area (Å²) in [5.41, 5.74) is 4.16. The third kappa shape index (κ3) is 2.24. The Balaban J connectivity index is 2.10. The fraction of sp³-hybridized carbons (Fsp3) is 0.294. The van der Waals surface area contributed by atoms with E-state index in [1.807, 2.05) is 0 Å². The molecule has 0 aliphatic carbocycles. The maximum atomic E-state index is 5.38. The molecule has 2 nitrogen and oxygen atoms in total. The topological polar surface area (TPSA) is 12.5 Å². The second kappa shape index (κ2) is 5.06. The van der Waals surface area contributed by atoms with Crippen LogP contribution in [-0.4, -0.2) is 25.6 Å². The number of benzene rings is 2. The first-order valence-corrected chi connectivity index (χ1v) is 6.71. The van der Waals surface area contributed by atoms with Crippen molar-refractivity contribution in [3.8, 4) is 5.75 Å². The smallest absolute Gasteiger partial charge is 0.119 e. The van der Waals surface area contributed by atoms with E-state index in [4.69, 9.17) is 4.74 Å². The maximum Gasteiger partial charge on any atom is 0.119 e. The molecule has 0 radical (unpaired) electrons. The largest absolute Gasteiger partial charge is 0.497 e. The molecule has 2 heteroatoms. The van der Waals surface area contributed by atoms with Gasteiger partial charge in [0.1, 0.15) is 5.75 Å². The Morgan fingerprint density at radius 2 is 1.89 bits per heavy atom. The van der Waals surface area contributed by atoms with Gasteiger partial charge in [-0.05, 0) is 42.3 Å². The highest BCUT2D eigenvalue weighted by atomic mass is 16.5. The molecule has 1 aliphatic heterocycles. The van der Waals surface area contributed by atoms with E-state index in [0.29, 0.717) is 6.04 Å². The van der Waals surface area contributed by atoms with Crippen molar-refractivity contribution in [1.82, 2.24) is 4.90 Å². The van der Waals surface area contributed by atoms with Gasteiger partial charge >= 0.3 is 0 Å². The molecule has 1 aliphatic rings. The van der Waals surface area contributed by atoms with Crippen LogP contribution in [0, 0.1) is 0 Å². The van der Waals surface area contributed by atoms with E-state index in [0.717, 1.165) is 18.7 Å². The van der Waals surface area contributed by atoms with Gasteiger partial charge in [0.05, 0.1) is 13.2 Å². The van der Waals surface area contributed by atoms with Crippen LogP contribution in [0.3, 0.4) is 0 Å². The van der Waals surface area contributed by atoms with Crippen molar-refractivity contribution >= 4 is 0 Å². The van der Waals surface area contributed by atoms with Crippen LogP contribution in [0.25, 0.3) is 0 Å². The molecule has 2 aromatic carbocycles. The van der Waals surface area contributed by atoms with Gasteiger partial charge in [0.2, 0.25) is 0 Å². The molecule has 3 rings (SSSR count). The van der Waals surface area contributed by atoms with Crippen molar-refractivity contribution in [3.05, 3.63) is 65.2 Å². The number of ether oxygens (including phenoxy) is 1. The lowest BCUT2D eigenvalue weighted by Gasteiger charge is -2.35. The Morgan fingerprint density at radius 3 is 2.63 bits per heavy atom. The molecule has 0 spiro atoms. The highest BCUT2D eigenvalue weighted by Crippen LogP contribution is 2.35. The lowest BCUT2D eigenvalue weighted by atomic mass is 9.88.